The molecule has 27 heavy (non-hydrogen) atoms. The summed E-state index contributed by atoms with van der Waals surface area (Å²) in [6.45, 7) is 2.61. The number of rotatable bonds is 8. The number of hydrogen-bond acceptors (Lipinski definition) is 3. The molecule has 0 aliphatic heterocycles. The average Bonchev–Trinajstić information content (AvgIpc) is 2.70. The van der Waals surface area contributed by atoms with Crippen molar-refractivity contribution < 1.29 is 9.53 Å². The molecule has 0 spiro atoms. The number of ether oxygens (including phenoxy) is 1. The van der Waals surface area contributed by atoms with Crippen LogP contribution in [-0.2, 0) is 11.2 Å². The Bertz CT molecular complexity index is 863. The van der Waals surface area contributed by atoms with Crippen molar-refractivity contribution in [3.63, 3.8) is 0 Å². The van der Waals surface area contributed by atoms with Crippen LogP contribution in [0.4, 0.5) is 5.69 Å². The molecule has 0 atom stereocenters. The highest BCUT2D eigenvalue weighted by atomic mass is 32.2. The van der Waals surface area contributed by atoms with Crippen molar-refractivity contribution in [1.82, 2.24) is 0 Å². The van der Waals surface area contributed by atoms with E-state index in [1.807, 2.05) is 67.6 Å². The molecule has 0 heterocycles. The van der Waals surface area contributed by atoms with Crippen molar-refractivity contribution in [2.45, 2.75) is 18.2 Å². The predicted octanol–water partition coefficient (Wildman–Crippen LogP) is 5.41. The van der Waals surface area contributed by atoms with E-state index >= 15 is 0 Å². The van der Waals surface area contributed by atoms with Gasteiger partial charge in [0.1, 0.15) is 5.75 Å². The number of anilines is 1. The van der Waals surface area contributed by atoms with Gasteiger partial charge in [0, 0.05) is 10.6 Å². The highest BCUT2D eigenvalue weighted by molar-refractivity contribution is 8.00. The van der Waals surface area contributed by atoms with Crippen molar-refractivity contribution in [3.05, 3.63) is 90.0 Å². The summed E-state index contributed by atoms with van der Waals surface area (Å²) < 4.78 is 5.44. The first-order valence-corrected chi connectivity index (χ1v) is 10.0. The van der Waals surface area contributed by atoms with Gasteiger partial charge >= 0.3 is 0 Å². The Labute approximate surface area is 164 Å². The molecule has 0 aliphatic rings. The molecule has 3 rings (SSSR count). The summed E-state index contributed by atoms with van der Waals surface area (Å²) in [7, 11) is 0. The largest absolute Gasteiger partial charge is 0.494 e. The minimum Gasteiger partial charge on any atom is -0.494 e. The molecule has 0 bridgehead atoms. The van der Waals surface area contributed by atoms with E-state index in [1.54, 1.807) is 0 Å². The summed E-state index contributed by atoms with van der Waals surface area (Å²) in [5, 5.41) is 3.05. The van der Waals surface area contributed by atoms with E-state index < -0.39 is 0 Å². The van der Waals surface area contributed by atoms with Crippen LogP contribution in [0.3, 0.4) is 0 Å². The van der Waals surface area contributed by atoms with Crippen molar-refractivity contribution >= 4 is 23.4 Å². The second-order valence-corrected chi connectivity index (χ2v) is 7.11. The van der Waals surface area contributed by atoms with Gasteiger partial charge in [-0.1, -0.05) is 48.5 Å². The fourth-order valence-corrected chi connectivity index (χ4v) is 3.44. The van der Waals surface area contributed by atoms with Crippen LogP contribution in [0.1, 0.15) is 18.1 Å². The molecule has 4 heteroatoms. The number of nitrogens with one attached hydrogen (secondary N) is 1. The maximum Gasteiger partial charge on any atom is 0.234 e. The van der Waals surface area contributed by atoms with Crippen molar-refractivity contribution in [1.29, 1.82) is 0 Å². The molecule has 3 aromatic carbocycles. The van der Waals surface area contributed by atoms with Gasteiger partial charge in [0.05, 0.1) is 12.4 Å². The lowest BCUT2D eigenvalue weighted by Crippen LogP contribution is -2.15. The third-order valence-corrected chi connectivity index (χ3v) is 5.05. The lowest BCUT2D eigenvalue weighted by Gasteiger charge is -2.11. The van der Waals surface area contributed by atoms with Crippen molar-refractivity contribution in [2.24, 2.45) is 0 Å². The van der Waals surface area contributed by atoms with Gasteiger partial charge in [-0.2, -0.15) is 0 Å². The number of benzene rings is 3. The van der Waals surface area contributed by atoms with E-state index in [0.29, 0.717) is 12.4 Å². The van der Waals surface area contributed by atoms with Gasteiger partial charge in [-0.3, -0.25) is 4.79 Å². The molecule has 0 aromatic heterocycles. The number of hydrogen-bond donors (Lipinski definition) is 1. The standard InChI is InChI=1S/C23H23NO2S/c1-2-26-20-12-14-21(15-13-20)27-17-23(25)24-22-11-7-6-10-19(22)16-18-8-4-3-5-9-18/h3-15H,2,16-17H2,1H3,(H,24,25). The van der Waals surface area contributed by atoms with Crippen LogP contribution in [0.25, 0.3) is 0 Å². The van der Waals surface area contributed by atoms with Gasteiger partial charge in [0.2, 0.25) is 5.91 Å². The quantitative estimate of drug-likeness (QED) is 0.534. The Morgan fingerprint density at radius 1 is 0.926 bits per heavy atom. The van der Waals surface area contributed by atoms with Crippen LogP contribution < -0.4 is 10.1 Å². The Morgan fingerprint density at radius 2 is 1.63 bits per heavy atom. The van der Waals surface area contributed by atoms with Gasteiger partial charge in [0.25, 0.3) is 0 Å². The van der Waals surface area contributed by atoms with Crippen molar-refractivity contribution in [2.75, 3.05) is 17.7 Å². The Kier molecular flexibility index (Phi) is 6.94. The average molecular weight is 378 g/mol. The van der Waals surface area contributed by atoms with Crippen LogP contribution in [-0.4, -0.2) is 18.3 Å². The zero-order valence-corrected chi connectivity index (χ0v) is 16.2. The summed E-state index contributed by atoms with van der Waals surface area (Å²) in [6.07, 6.45) is 0.795. The number of para-hydroxylation sites is 1. The first-order chi connectivity index (χ1) is 13.2. The zero-order chi connectivity index (χ0) is 18.9. The zero-order valence-electron chi connectivity index (χ0n) is 15.4. The number of thioether (sulfide) groups is 1. The first kappa shape index (κ1) is 19.1. The normalized spacial score (nSPS) is 10.4. The van der Waals surface area contributed by atoms with E-state index in [1.165, 1.54) is 17.3 Å². The number of amides is 1. The van der Waals surface area contributed by atoms with Gasteiger partial charge < -0.3 is 10.1 Å². The molecule has 0 aliphatic carbocycles. The van der Waals surface area contributed by atoms with Gasteiger partial charge in [-0.05, 0) is 54.8 Å². The maximum atomic E-state index is 12.4. The molecule has 3 aromatic rings. The van der Waals surface area contributed by atoms with Gasteiger partial charge in [-0.25, -0.2) is 0 Å². The molecular weight excluding hydrogens is 354 g/mol. The van der Waals surface area contributed by atoms with E-state index in [2.05, 4.69) is 23.5 Å². The van der Waals surface area contributed by atoms with E-state index in [9.17, 15) is 4.79 Å². The fourth-order valence-electron chi connectivity index (χ4n) is 2.75. The molecule has 0 saturated carbocycles. The van der Waals surface area contributed by atoms with Gasteiger partial charge in [0.15, 0.2) is 0 Å². The molecule has 3 nitrogen and oxygen atoms in total. The second kappa shape index (κ2) is 9.83. The summed E-state index contributed by atoms with van der Waals surface area (Å²) in [5.74, 6) is 1.21. The second-order valence-electron chi connectivity index (χ2n) is 6.06. The Morgan fingerprint density at radius 3 is 2.37 bits per heavy atom. The highest BCUT2D eigenvalue weighted by Crippen LogP contribution is 2.23. The Hall–Kier alpha value is -2.72. The Balaban J connectivity index is 1.57. The minimum absolute atomic E-state index is 0.00519. The topological polar surface area (TPSA) is 38.3 Å². The molecular formula is C23H23NO2S. The van der Waals surface area contributed by atoms with E-state index in [0.717, 1.165) is 28.3 Å². The maximum absolute atomic E-state index is 12.4. The predicted molar refractivity (Wildman–Crippen MR) is 113 cm³/mol. The molecule has 1 amide bonds. The summed E-state index contributed by atoms with van der Waals surface area (Å²) in [5.41, 5.74) is 3.21. The minimum atomic E-state index is -0.00519. The highest BCUT2D eigenvalue weighted by Gasteiger charge is 2.08. The summed E-state index contributed by atoms with van der Waals surface area (Å²) in [4.78, 5) is 13.5. The monoisotopic (exact) mass is 377 g/mol. The third-order valence-electron chi connectivity index (χ3n) is 4.03. The van der Waals surface area contributed by atoms with Gasteiger partial charge in [-0.15, -0.1) is 11.8 Å². The molecule has 0 unspecified atom stereocenters. The SMILES string of the molecule is CCOc1ccc(SCC(=O)Nc2ccccc2Cc2ccccc2)cc1. The van der Waals surface area contributed by atoms with E-state index in [4.69, 9.17) is 4.74 Å². The van der Waals surface area contributed by atoms with Crippen molar-refractivity contribution in [3.8, 4) is 5.75 Å². The molecule has 0 fully saturated rings. The fraction of sp³-hybridized carbons (Fsp3) is 0.174. The lowest BCUT2D eigenvalue weighted by atomic mass is 10.0. The van der Waals surface area contributed by atoms with Crippen LogP contribution in [0.5, 0.6) is 5.75 Å². The smallest absolute Gasteiger partial charge is 0.234 e. The summed E-state index contributed by atoms with van der Waals surface area (Å²) >= 11 is 1.52. The molecule has 138 valence electrons. The molecule has 0 saturated heterocycles. The third kappa shape index (κ3) is 5.90. The van der Waals surface area contributed by atoms with E-state index in [-0.39, 0.29) is 5.91 Å². The van der Waals surface area contributed by atoms with Crippen LogP contribution in [0.2, 0.25) is 0 Å². The van der Waals surface area contributed by atoms with Crippen LogP contribution >= 0.6 is 11.8 Å². The lowest BCUT2D eigenvalue weighted by molar-refractivity contribution is -0.113. The molecule has 1 N–H and O–H groups in total. The first-order valence-electron chi connectivity index (χ1n) is 9.02. The number of carbonyl (C=O) groups excluding carboxylic acids is 1. The summed E-state index contributed by atoms with van der Waals surface area (Å²) in [6, 6.07) is 26.0. The van der Waals surface area contributed by atoms with Crippen LogP contribution in [0, 0.1) is 0 Å². The molecule has 0 radical (unpaired) electrons. The number of carbonyl (C=O) groups is 1. The van der Waals surface area contributed by atoms with Crippen LogP contribution in [0.15, 0.2) is 83.8 Å².